The molecule has 0 saturated carbocycles. The van der Waals surface area contributed by atoms with Crippen LogP contribution in [0.5, 0.6) is 0 Å². The number of halogens is 1. The van der Waals surface area contributed by atoms with Gasteiger partial charge in [-0.2, -0.15) is 5.43 Å². The number of benzene rings is 2. The van der Waals surface area contributed by atoms with Crippen molar-refractivity contribution in [2.45, 2.75) is 19.8 Å². The zero-order valence-electron chi connectivity index (χ0n) is 13.0. The van der Waals surface area contributed by atoms with Crippen molar-refractivity contribution in [2.75, 3.05) is 5.01 Å². The largest absolute Gasteiger partial charge is 0.430 e. The van der Waals surface area contributed by atoms with Crippen LogP contribution in [0.1, 0.15) is 18.1 Å². The Morgan fingerprint density at radius 1 is 1.29 bits per heavy atom. The average Bonchev–Trinajstić information content (AvgIpc) is 2.92. The summed E-state index contributed by atoms with van der Waals surface area (Å²) in [6, 6.07) is 13.2. The third-order valence-corrected chi connectivity index (χ3v) is 3.37. The van der Waals surface area contributed by atoms with Gasteiger partial charge in [0, 0.05) is 5.56 Å². The highest BCUT2D eigenvalue weighted by atomic mass is 19.1. The molecule has 1 aliphatic rings. The lowest BCUT2D eigenvalue weighted by Crippen LogP contribution is -2.36. The average molecular weight is 329 g/mol. The molecule has 1 N–H and O–H groups in total. The van der Waals surface area contributed by atoms with Gasteiger partial charge in [0.25, 0.3) is 0 Å². The SMILES string of the molecule is CC1NN(c2ccccc2CO/N=C/c2ccc(F)cc2)C(=O)O1. The van der Waals surface area contributed by atoms with Gasteiger partial charge >= 0.3 is 6.09 Å². The fraction of sp³-hybridized carbons (Fsp3) is 0.176. The molecule has 0 spiro atoms. The maximum Gasteiger partial charge on any atom is 0.430 e. The van der Waals surface area contributed by atoms with E-state index in [1.807, 2.05) is 18.2 Å². The van der Waals surface area contributed by atoms with Crippen LogP contribution in [-0.2, 0) is 16.2 Å². The lowest BCUT2D eigenvalue weighted by Gasteiger charge is -2.16. The summed E-state index contributed by atoms with van der Waals surface area (Å²) < 4.78 is 17.9. The first-order valence-electron chi connectivity index (χ1n) is 7.39. The fourth-order valence-electron chi connectivity index (χ4n) is 2.24. The zero-order chi connectivity index (χ0) is 16.9. The lowest BCUT2D eigenvalue weighted by atomic mass is 10.2. The molecule has 1 fully saturated rings. The Morgan fingerprint density at radius 2 is 2.04 bits per heavy atom. The Hall–Kier alpha value is -2.93. The van der Waals surface area contributed by atoms with E-state index in [-0.39, 0.29) is 18.7 Å². The van der Waals surface area contributed by atoms with E-state index in [1.54, 1.807) is 25.1 Å². The second-order valence-corrected chi connectivity index (χ2v) is 5.18. The summed E-state index contributed by atoms with van der Waals surface area (Å²) in [5.41, 5.74) is 5.05. The van der Waals surface area contributed by atoms with Crippen LogP contribution in [0.15, 0.2) is 53.7 Å². The maximum absolute atomic E-state index is 12.8. The van der Waals surface area contributed by atoms with E-state index in [0.717, 1.165) is 11.1 Å². The molecule has 0 radical (unpaired) electrons. The molecule has 7 heteroatoms. The van der Waals surface area contributed by atoms with E-state index in [4.69, 9.17) is 9.57 Å². The van der Waals surface area contributed by atoms with Gasteiger partial charge in [-0.15, -0.1) is 0 Å². The first-order valence-corrected chi connectivity index (χ1v) is 7.39. The molecule has 1 atom stereocenters. The third kappa shape index (κ3) is 3.69. The van der Waals surface area contributed by atoms with Crippen molar-refractivity contribution in [1.82, 2.24) is 5.43 Å². The van der Waals surface area contributed by atoms with Crippen molar-refractivity contribution in [1.29, 1.82) is 0 Å². The van der Waals surface area contributed by atoms with E-state index in [1.165, 1.54) is 23.4 Å². The fourth-order valence-corrected chi connectivity index (χ4v) is 2.24. The molecule has 0 aromatic heterocycles. The van der Waals surface area contributed by atoms with Crippen LogP contribution < -0.4 is 10.4 Å². The summed E-state index contributed by atoms with van der Waals surface area (Å²) >= 11 is 0. The predicted octanol–water partition coefficient (Wildman–Crippen LogP) is 3.18. The van der Waals surface area contributed by atoms with Gasteiger partial charge in [-0.05, 0) is 30.7 Å². The van der Waals surface area contributed by atoms with Gasteiger partial charge in [0.1, 0.15) is 12.4 Å². The third-order valence-electron chi connectivity index (χ3n) is 3.37. The van der Waals surface area contributed by atoms with Crippen molar-refractivity contribution >= 4 is 18.0 Å². The molecule has 0 bridgehead atoms. The minimum Gasteiger partial charge on any atom is -0.428 e. The number of para-hydroxylation sites is 1. The highest BCUT2D eigenvalue weighted by molar-refractivity contribution is 5.89. The number of oxime groups is 1. The topological polar surface area (TPSA) is 63.2 Å². The Morgan fingerprint density at radius 3 is 2.75 bits per heavy atom. The van der Waals surface area contributed by atoms with Gasteiger partial charge in [0.15, 0.2) is 6.23 Å². The highest BCUT2D eigenvalue weighted by Crippen LogP contribution is 2.23. The number of hydrogen-bond acceptors (Lipinski definition) is 5. The minimum absolute atomic E-state index is 0.174. The lowest BCUT2D eigenvalue weighted by molar-refractivity contribution is 0.132. The summed E-state index contributed by atoms with van der Waals surface area (Å²) in [6.45, 7) is 1.91. The van der Waals surface area contributed by atoms with Crippen LogP contribution in [0.3, 0.4) is 0 Å². The number of hydrazine groups is 1. The van der Waals surface area contributed by atoms with Gasteiger partial charge in [0.2, 0.25) is 0 Å². The molecule has 2 aromatic carbocycles. The van der Waals surface area contributed by atoms with E-state index in [2.05, 4.69) is 10.6 Å². The second-order valence-electron chi connectivity index (χ2n) is 5.18. The number of carbonyl (C=O) groups is 1. The number of rotatable bonds is 5. The molecule has 1 amide bonds. The number of anilines is 1. The van der Waals surface area contributed by atoms with Crippen molar-refractivity contribution in [2.24, 2.45) is 5.16 Å². The van der Waals surface area contributed by atoms with Crippen LogP contribution in [0.4, 0.5) is 14.9 Å². The maximum atomic E-state index is 12.8. The van der Waals surface area contributed by atoms with Crippen molar-refractivity contribution < 1.29 is 18.8 Å². The molecule has 1 aliphatic heterocycles. The molecular weight excluding hydrogens is 313 g/mol. The Labute approximate surface area is 138 Å². The summed E-state index contributed by atoms with van der Waals surface area (Å²) in [6.07, 6.45) is 0.639. The van der Waals surface area contributed by atoms with Crippen LogP contribution in [-0.4, -0.2) is 18.5 Å². The van der Waals surface area contributed by atoms with Crippen molar-refractivity contribution in [3.63, 3.8) is 0 Å². The van der Waals surface area contributed by atoms with Gasteiger partial charge in [-0.1, -0.05) is 35.5 Å². The summed E-state index contributed by atoms with van der Waals surface area (Å²) in [5.74, 6) is -0.304. The smallest absolute Gasteiger partial charge is 0.428 e. The first kappa shape index (κ1) is 15.9. The molecule has 24 heavy (non-hydrogen) atoms. The summed E-state index contributed by atoms with van der Waals surface area (Å²) in [5, 5.41) is 5.21. The number of cyclic esters (lactones) is 1. The molecular formula is C17H16FN3O3. The van der Waals surface area contributed by atoms with Gasteiger partial charge in [-0.3, -0.25) is 0 Å². The number of amides is 1. The van der Waals surface area contributed by atoms with Crippen LogP contribution >= 0.6 is 0 Å². The number of hydrogen-bond donors (Lipinski definition) is 1. The molecule has 3 rings (SSSR count). The predicted molar refractivity (Wildman–Crippen MR) is 86.8 cm³/mol. The van der Waals surface area contributed by atoms with E-state index in [9.17, 15) is 9.18 Å². The molecule has 1 unspecified atom stereocenters. The number of carbonyl (C=O) groups excluding carboxylic acids is 1. The molecule has 1 heterocycles. The Kier molecular flexibility index (Phi) is 4.72. The normalized spacial score (nSPS) is 17.3. The molecule has 0 aliphatic carbocycles. The van der Waals surface area contributed by atoms with Gasteiger partial charge in [-0.25, -0.2) is 14.2 Å². The van der Waals surface area contributed by atoms with Gasteiger partial charge in [0.05, 0.1) is 11.9 Å². The van der Waals surface area contributed by atoms with Crippen molar-refractivity contribution in [3.8, 4) is 0 Å². The highest BCUT2D eigenvalue weighted by Gasteiger charge is 2.30. The number of ether oxygens (including phenoxy) is 1. The Bertz CT molecular complexity index is 749. The summed E-state index contributed by atoms with van der Waals surface area (Å²) in [4.78, 5) is 17.1. The molecule has 2 aromatic rings. The summed E-state index contributed by atoms with van der Waals surface area (Å²) in [7, 11) is 0. The van der Waals surface area contributed by atoms with E-state index < -0.39 is 6.09 Å². The monoisotopic (exact) mass is 329 g/mol. The molecule has 6 nitrogen and oxygen atoms in total. The minimum atomic E-state index is -0.468. The van der Waals surface area contributed by atoms with Crippen LogP contribution in [0.25, 0.3) is 0 Å². The number of nitrogens with zero attached hydrogens (tertiary/aromatic N) is 2. The standard InChI is InChI=1S/C17H16FN3O3/c1-12-20-21(17(22)24-12)16-5-3-2-4-14(16)11-23-19-10-13-6-8-15(18)9-7-13/h2-10,12,20H,11H2,1H3/b19-10+. The molecule has 1 saturated heterocycles. The Balaban J connectivity index is 1.65. The van der Waals surface area contributed by atoms with Crippen molar-refractivity contribution in [3.05, 3.63) is 65.5 Å². The number of nitrogens with one attached hydrogen (secondary N) is 1. The van der Waals surface area contributed by atoms with Crippen LogP contribution in [0.2, 0.25) is 0 Å². The first-order chi connectivity index (χ1) is 11.6. The molecule has 124 valence electrons. The van der Waals surface area contributed by atoms with E-state index in [0.29, 0.717) is 5.69 Å². The van der Waals surface area contributed by atoms with E-state index >= 15 is 0 Å². The van der Waals surface area contributed by atoms with Crippen LogP contribution in [0, 0.1) is 5.82 Å². The zero-order valence-corrected chi connectivity index (χ0v) is 13.0. The quantitative estimate of drug-likeness (QED) is 0.676. The van der Waals surface area contributed by atoms with Gasteiger partial charge < -0.3 is 9.57 Å². The second kappa shape index (κ2) is 7.10.